The van der Waals surface area contributed by atoms with Crippen molar-refractivity contribution in [3.63, 3.8) is 0 Å². The van der Waals surface area contributed by atoms with E-state index in [9.17, 15) is 4.79 Å². The summed E-state index contributed by atoms with van der Waals surface area (Å²) in [6, 6.07) is 23.5. The lowest BCUT2D eigenvalue weighted by atomic mass is 10.2. The monoisotopic (exact) mass is 512 g/mol. The van der Waals surface area contributed by atoms with Gasteiger partial charge in [-0.2, -0.15) is 5.10 Å². The number of hydrogen-bond donors (Lipinski definition) is 1. The zero-order chi connectivity index (χ0) is 22.6. The summed E-state index contributed by atoms with van der Waals surface area (Å²) in [5.41, 5.74) is 5.62. The van der Waals surface area contributed by atoms with E-state index in [1.807, 2.05) is 79.7 Å². The third-order valence-electron chi connectivity index (χ3n) is 4.36. The van der Waals surface area contributed by atoms with E-state index in [0.717, 1.165) is 26.9 Å². The molecule has 0 bridgehead atoms. The van der Waals surface area contributed by atoms with Crippen molar-refractivity contribution in [2.45, 2.75) is 19.3 Å². The van der Waals surface area contributed by atoms with Gasteiger partial charge in [-0.05, 0) is 47.9 Å². The molecule has 0 saturated heterocycles. The van der Waals surface area contributed by atoms with Crippen LogP contribution in [0.1, 0.15) is 23.6 Å². The van der Waals surface area contributed by atoms with Gasteiger partial charge in [0, 0.05) is 10.2 Å². The van der Waals surface area contributed by atoms with Gasteiger partial charge in [-0.3, -0.25) is 4.79 Å². The molecule has 0 atom stereocenters. The lowest BCUT2D eigenvalue weighted by Crippen LogP contribution is -2.19. The molecule has 32 heavy (non-hydrogen) atoms. The van der Waals surface area contributed by atoms with Crippen LogP contribution in [0.5, 0.6) is 11.5 Å². The van der Waals surface area contributed by atoms with Crippen molar-refractivity contribution >= 4 is 39.8 Å². The fourth-order valence-corrected chi connectivity index (χ4v) is 4.24. The summed E-state index contributed by atoms with van der Waals surface area (Å²) in [6.07, 6.45) is 1.60. The molecule has 0 aromatic heterocycles. The van der Waals surface area contributed by atoms with E-state index in [1.165, 1.54) is 11.8 Å². The van der Waals surface area contributed by atoms with Crippen molar-refractivity contribution in [2.24, 2.45) is 5.10 Å². The van der Waals surface area contributed by atoms with Crippen molar-refractivity contribution in [3.05, 3.63) is 94.0 Å². The van der Waals surface area contributed by atoms with E-state index in [-0.39, 0.29) is 5.91 Å². The number of hydrazone groups is 1. The molecule has 166 valence electrons. The smallest absolute Gasteiger partial charge is 0.250 e. The van der Waals surface area contributed by atoms with E-state index in [1.54, 1.807) is 6.21 Å². The quantitative estimate of drug-likeness (QED) is 0.260. The van der Waals surface area contributed by atoms with E-state index >= 15 is 0 Å². The first-order valence-electron chi connectivity index (χ1n) is 10.2. The number of nitrogens with one attached hydrogen (secondary N) is 1. The van der Waals surface area contributed by atoms with E-state index < -0.39 is 0 Å². The molecular weight excluding hydrogens is 488 g/mol. The molecule has 1 amide bonds. The van der Waals surface area contributed by atoms with Gasteiger partial charge < -0.3 is 9.47 Å². The number of nitrogens with zero attached hydrogens (tertiary/aromatic N) is 1. The van der Waals surface area contributed by atoms with Crippen LogP contribution < -0.4 is 14.9 Å². The van der Waals surface area contributed by atoms with Gasteiger partial charge >= 0.3 is 0 Å². The normalized spacial score (nSPS) is 10.8. The van der Waals surface area contributed by atoms with Crippen LogP contribution in [0.25, 0.3) is 0 Å². The molecule has 3 aromatic rings. The molecule has 0 heterocycles. The number of ether oxygens (including phenoxy) is 2. The highest BCUT2D eigenvalue weighted by molar-refractivity contribution is 9.10. The van der Waals surface area contributed by atoms with Crippen LogP contribution in [0, 0.1) is 0 Å². The minimum atomic E-state index is -0.147. The minimum absolute atomic E-state index is 0.147. The number of halogens is 1. The van der Waals surface area contributed by atoms with Crippen molar-refractivity contribution in [1.82, 2.24) is 5.43 Å². The maximum Gasteiger partial charge on any atom is 0.250 e. The zero-order valence-corrected chi connectivity index (χ0v) is 20.2. The van der Waals surface area contributed by atoms with Gasteiger partial charge in [-0.25, -0.2) is 5.43 Å². The van der Waals surface area contributed by atoms with Gasteiger partial charge in [-0.1, -0.05) is 64.5 Å². The molecule has 0 aliphatic rings. The lowest BCUT2D eigenvalue weighted by Gasteiger charge is -2.12. The Kier molecular flexibility index (Phi) is 9.65. The number of benzene rings is 3. The second-order valence-electron chi connectivity index (χ2n) is 6.79. The fourth-order valence-electron chi connectivity index (χ4n) is 2.81. The molecule has 0 unspecified atom stereocenters. The highest BCUT2D eigenvalue weighted by Gasteiger charge is 2.07. The number of rotatable bonds is 11. The zero-order valence-electron chi connectivity index (χ0n) is 17.8. The number of carbonyl (C=O) groups is 1. The van der Waals surface area contributed by atoms with Crippen molar-refractivity contribution in [3.8, 4) is 11.5 Å². The van der Waals surface area contributed by atoms with Crippen LogP contribution in [0.4, 0.5) is 0 Å². The highest BCUT2D eigenvalue weighted by Crippen LogP contribution is 2.29. The fraction of sp³-hybridized carbons (Fsp3) is 0.200. The van der Waals surface area contributed by atoms with Crippen LogP contribution in [0.2, 0.25) is 0 Å². The molecule has 1 N–H and O–H groups in total. The standard InChI is InChI=1S/C25H25BrN2O3S/c1-2-30-24-14-20(12-13-23(24)31-16-19-8-4-3-5-9-19)15-27-28-25(29)18-32-17-21-10-6-7-11-22(21)26/h3-15H,2,16-18H2,1H3,(H,28,29). The molecule has 0 aliphatic carbocycles. The van der Waals surface area contributed by atoms with Gasteiger partial charge in [-0.15, -0.1) is 11.8 Å². The van der Waals surface area contributed by atoms with Crippen molar-refractivity contribution < 1.29 is 14.3 Å². The predicted octanol–water partition coefficient (Wildman–Crippen LogP) is 5.81. The average Bonchev–Trinajstić information content (AvgIpc) is 2.81. The first kappa shape index (κ1) is 23.9. The Hall–Kier alpha value is -2.77. The summed E-state index contributed by atoms with van der Waals surface area (Å²) in [6.45, 7) is 2.91. The maximum atomic E-state index is 12.0. The summed E-state index contributed by atoms with van der Waals surface area (Å²) in [7, 11) is 0. The number of amides is 1. The second-order valence-corrected chi connectivity index (χ2v) is 8.63. The van der Waals surface area contributed by atoms with E-state index in [0.29, 0.717) is 30.5 Å². The topological polar surface area (TPSA) is 59.9 Å². The van der Waals surface area contributed by atoms with Crippen LogP contribution in [-0.4, -0.2) is 24.5 Å². The molecule has 3 aromatic carbocycles. The molecule has 0 radical (unpaired) electrons. The first-order valence-corrected chi connectivity index (χ1v) is 12.2. The van der Waals surface area contributed by atoms with E-state index in [4.69, 9.17) is 9.47 Å². The minimum Gasteiger partial charge on any atom is -0.490 e. The van der Waals surface area contributed by atoms with Crippen LogP contribution >= 0.6 is 27.7 Å². The molecule has 7 heteroatoms. The lowest BCUT2D eigenvalue weighted by molar-refractivity contribution is -0.118. The Morgan fingerprint density at radius 3 is 2.59 bits per heavy atom. The molecule has 3 rings (SSSR count). The number of carbonyl (C=O) groups excluding carboxylic acids is 1. The third kappa shape index (κ3) is 7.73. The second kappa shape index (κ2) is 12.9. The van der Waals surface area contributed by atoms with Crippen molar-refractivity contribution in [2.75, 3.05) is 12.4 Å². The third-order valence-corrected chi connectivity index (χ3v) is 6.11. The molecule has 0 saturated carbocycles. The van der Waals surface area contributed by atoms with Gasteiger partial charge in [0.2, 0.25) is 5.91 Å². The molecule has 0 fully saturated rings. The van der Waals surface area contributed by atoms with E-state index in [2.05, 4.69) is 26.5 Å². The number of thioether (sulfide) groups is 1. The summed E-state index contributed by atoms with van der Waals surface area (Å²) < 4.78 is 12.7. The maximum absolute atomic E-state index is 12.0. The Morgan fingerprint density at radius 1 is 1.03 bits per heavy atom. The Bertz CT molecular complexity index is 1040. The van der Waals surface area contributed by atoms with Gasteiger partial charge in [0.05, 0.1) is 18.6 Å². The van der Waals surface area contributed by atoms with Crippen LogP contribution in [0.15, 0.2) is 82.4 Å². The summed E-state index contributed by atoms with van der Waals surface area (Å²) in [5.74, 6) is 2.24. The molecule has 0 spiro atoms. The molecule has 5 nitrogen and oxygen atoms in total. The Balaban J connectivity index is 1.50. The SMILES string of the molecule is CCOc1cc(C=NNC(=O)CSCc2ccccc2Br)ccc1OCc1ccccc1. The Morgan fingerprint density at radius 2 is 1.81 bits per heavy atom. The predicted molar refractivity (Wildman–Crippen MR) is 134 cm³/mol. The summed E-state index contributed by atoms with van der Waals surface area (Å²) in [4.78, 5) is 12.0. The average molecular weight is 513 g/mol. The van der Waals surface area contributed by atoms with Crippen LogP contribution in [-0.2, 0) is 17.2 Å². The highest BCUT2D eigenvalue weighted by atomic mass is 79.9. The largest absolute Gasteiger partial charge is 0.490 e. The molecule has 0 aliphatic heterocycles. The van der Waals surface area contributed by atoms with Gasteiger partial charge in [0.15, 0.2) is 11.5 Å². The van der Waals surface area contributed by atoms with Crippen molar-refractivity contribution in [1.29, 1.82) is 0 Å². The summed E-state index contributed by atoms with van der Waals surface area (Å²) in [5, 5.41) is 4.07. The molecular formula is C25H25BrN2O3S. The first-order chi connectivity index (χ1) is 15.7. The summed E-state index contributed by atoms with van der Waals surface area (Å²) >= 11 is 5.06. The van der Waals surface area contributed by atoms with Crippen LogP contribution in [0.3, 0.4) is 0 Å². The Labute approximate surface area is 201 Å². The van der Waals surface area contributed by atoms with Gasteiger partial charge in [0.1, 0.15) is 6.61 Å². The number of hydrogen-bond acceptors (Lipinski definition) is 5. The van der Waals surface area contributed by atoms with Gasteiger partial charge in [0.25, 0.3) is 0 Å².